The molecule has 3 N–H and O–H groups in total. The van der Waals surface area contributed by atoms with E-state index < -0.39 is 11.7 Å². The molecular weight excluding hydrogens is 273 g/mol. The summed E-state index contributed by atoms with van der Waals surface area (Å²) < 4.78 is 13.3. The normalized spacial score (nSPS) is 17.9. The Morgan fingerprint density at radius 1 is 1.38 bits per heavy atom. The number of hydrogen-bond donors (Lipinski definition) is 2. The number of rotatable bonds is 3. The molecule has 1 aliphatic carbocycles. The molecule has 0 amide bonds. The number of hydrogen-bond acceptors (Lipinski definition) is 4. The maximum Gasteiger partial charge on any atom is 0.180 e. The Balaban J connectivity index is 2.05. The molecule has 3 rings (SSSR count). The van der Waals surface area contributed by atoms with Crippen LogP contribution >= 0.6 is 0 Å². The molecule has 5 nitrogen and oxygen atoms in total. The molecule has 1 atom stereocenters. The predicted molar refractivity (Wildman–Crippen MR) is 73.8 cm³/mol. The zero-order valence-corrected chi connectivity index (χ0v) is 11.2. The lowest BCUT2D eigenvalue weighted by molar-refractivity contribution is 0.0862. The van der Waals surface area contributed by atoms with Crippen molar-refractivity contribution < 1.29 is 14.0 Å². The first-order valence-electron chi connectivity index (χ1n) is 6.70. The Bertz CT molecular complexity index is 723. The lowest BCUT2D eigenvalue weighted by Crippen LogP contribution is -2.26. The van der Waals surface area contributed by atoms with Gasteiger partial charge in [0, 0.05) is 18.8 Å². The van der Waals surface area contributed by atoms with E-state index in [0.29, 0.717) is 29.8 Å². The zero-order valence-electron chi connectivity index (χ0n) is 11.2. The fourth-order valence-corrected chi connectivity index (χ4v) is 2.76. The second-order valence-electron chi connectivity index (χ2n) is 5.08. The quantitative estimate of drug-likeness (QED) is 0.897. The Labute approximate surface area is 120 Å². The minimum absolute atomic E-state index is 0.0273. The van der Waals surface area contributed by atoms with Crippen molar-refractivity contribution >= 4 is 11.6 Å². The van der Waals surface area contributed by atoms with E-state index in [0.717, 1.165) is 11.8 Å². The first-order chi connectivity index (χ1) is 10.1. The summed E-state index contributed by atoms with van der Waals surface area (Å²) in [4.78, 5) is 31.5. The lowest BCUT2D eigenvalue weighted by Gasteiger charge is -2.21. The number of halogens is 1. The number of H-pyrrole nitrogens is 1. The van der Waals surface area contributed by atoms with E-state index in [2.05, 4.69) is 9.97 Å². The fourth-order valence-electron chi connectivity index (χ4n) is 2.76. The SMILES string of the molecule is NCCc1c[nH]c2c1C(=O)C(c1cncc(F)c1)CC2=O. The summed E-state index contributed by atoms with van der Waals surface area (Å²) in [5.74, 6) is -1.53. The monoisotopic (exact) mass is 287 g/mol. The summed E-state index contributed by atoms with van der Waals surface area (Å²) >= 11 is 0. The molecule has 0 saturated carbocycles. The van der Waals surface area contributed by atoms with Crippen LogP contribution in [0.5, 0.6) is 0 Å². The first-order valence-corrected chi connectivity index (χ1v) is 6.70. The van der Waals surface area contributed by atoms with Gasteiger partial charge in [0.15, 0.2) is 11.6 Å². The van der Waals surface area contributed by atoms with Crippen molar-refractivity contribution in [3.63, 3.8) is 0 Å². The van der Waals surface area contributed by atoms with Crippen LogP contribution in [0.15, 0.2) is 24.7 Å². The van der Waals surface area contributed by atoms with E-state index in [1.165, 1.54) is 12.3 Å². The van der Waals surface area contributed by atoms with Crippen LogP contribution in [0.1, 0.15) is 44.3 Å². The average molecular weight is 287 g/mol. The van der Waals surface area contributed by atoms with Gasteiger partial charge in [-0.25, -0.2) is 4.39 Å². The highest BCUT2D eigenvalue weighted by atomic mass is 19.1. The lowest BCUT2D eigenvalue weighted by atomic mass is 9.80. The molecule has 108 valence electrons. The first kappa shape index (κ1) is 13.6. The predicted octanol–water partition coefficient (Wildman–Crippen LogP) is 1.60. The van der Waals surface area contributed by atoms with Gasteiger partial charge in [-0.2, -0.15) is 0 Å². The molecule has 0 bridgehead atoms. The minimum atomic E-state index is -0.680. The highest BCUT2D eigenvalue weighted by Gasteiger charge is 2.36. The molecule has 2 aromatic heterocycles. The second kappa shape index (κ2) is 5.21. The molecular formula is C15H14FN3O2. The van der Waals surface area contributed by atoms with Crippen LogP contribution in [0.3, 0.4) is 0 Å². The number of carbonyl (C=O) groups excluding carboxylic acids is 2. The Morgan fingerprint density at radius 3 is 2.90 bits per heavy atom. The van der Waals surface area contributed by atoms with Crippen molar-refractivity contribution in [1.29, 1.82) is 0 Å². The molecule has 0 aromatic carbocycles. The molecule has 21 heavy (non-hydrogen) atoms. The molecule has 0 spiro atoms. The summed E-state index contributed by atoms with van der Waals surface area (Å²) in [6, 6.07) is 1.25. The highest BCUT2D eigenvalue weighted by molar-refractivity contribution is 6.16. The van der Waals surface area contributed by atoms with Crippen LogP contribution < -0.4 is 5.73 Å². The number of ketones is 2. The van der Waals surface area contributed by atoms with E-state index in [-0.39, 0.29) is 18.0 Å². The maximum absolute atomic E-state index is 13.3. The number of pyridine rings is 1. The Morgan fingerprint density at radius 2 is 2.19 bits per heavy atom. The topological polar surface area (TPSA) is 88.8 Å². The second-order valence-corrected chi connectivity index (χ2v) is 5.08. The number of carbonyl (C=O) groups is 2. The van der Waals surface area contributed by atoms with E-state index in [4.69, 9.17) is 5.73 Å². The van der Waals surface area contributed by atoms with Crippen LogP contribution in [-0.2, 0) is 6.42 Å². The van der Waals surface area contributed by atoms with Crippen molar-refractivity contribution in [3.8, 4) is 0 Å². The summed E-state index contributed by atoms with van der Waals surface area (Å²) in [5, 5.41) is 0. The number of fused-ring (bicyclic) bond motifs is 1. The number of aromatic amines is 1. The van der Waals surface area contributed by atoms with Gasteiger partial charge in [0.2, 0.25) is 0 Å². The molecule has 0 fully saturated rings. The van der Waals surface area contributed by atoms with E-state index in [1.54, 1.807) is 6.20 Å². The van der Waals surface area contributed by atoms with Gasteiger partial charge in [-0.1, -0.05) is 0 Å². The van der Waals surface area contributed by atoms with Gasteiger partial charge >= 0.3 is 0 Å². The number of nitrogens with zero attached hydrogens (tertiary/aromatic N) is 1. The van der Waals surface area contributed by atoms with Gasteiger partial charge in [0.05, 0.1) is 23.4 Å². The third-order valence-corrected chi connectivity index (χ3v) is 3.74. The fraction of sp³-hybridized carbons (Fsp3) is 0.267. The van der Waals surface area contributed by atoms with E-state index >= 15 is 0 Å². The van der Waals surface area contributed by atoms with Gasteiger partial charge in [0.1, 0.15) is 5.82 Å². The molecule has 2 heterocycles. The standard InChI is InChI=1S/C15H14FN3O2/c16-10-3-9(5-18-7-10)11-4-12(20)14-13(15(11)21)8(1-2-17)6-19-14/h3,5-7,11,19H,1-2,4,17H2. The smallest absolute Gasteiger partial charge is 0.180 e. The number of nitrogens with two attached hydrogens (primary N) is 1. The Kier molecular flexibility index (Phi) is 3.39. The molecule has 2 aromatic rings. The van der Waals surface area contributed by atoms with Gasteiger partial charge < -0.3 is 10.7 Å². The molecule has 0 saturated heterocycles. The molecule has 0 radical (unpaired) electrons. The summed E-state index contributed by atoms with van der Waals surface area (Å²) in [6.07, 6.45) is 4.69. The van der Waals surface area contributed by atoms with E-state index in [9.17, 15) is 14.0 Å². The van der Waals surface area contributed by atoms with Crippen LogP contribution in [0.4, 0.5) is 4.39 Å². The molecule has 0 aliphatic heterocycles. The van der Waals surface area contributed by atoms with Crippen molar-refractivity contribution in [3.05, 3.63) is 52.9 Å². The minimum Gasteiger partial charge on any atom is -0.358 e. The van der Waals surface area contributed by atoms with Crippen molar-refractivity contribution in [2.24, 2.45) is 5.73 Å². The van der Waals surface area contributed by atoms with Crippen molar-refractivity contribution in [1.82, 2.24) is 9.97 Å². The molecule has 6 heteroatoms. The number of Topliss-reactive ketones (excluding diaryl/α,β-unsaturated/α-hetero) is 2. The summed E-state index contributed by atoms with van der Waals surface area (Å²) in [7, 11) is 0. The van der Waals surface area contributed by atoms with Gasteiger partial charge in [0.25, 0.3) is 0 Å². The highest BCUT2D eigenvalue weighted by Crippen LogP contribution is 2.34. The number of aromatic nitrogens is 2. The average Bonchev–Trinajstić information content (AvgIpc) is 2.88. The van der Waals surface area contributed by atoms with Crippen LogP contribution in [0.2, 0.25) is 0 Å². The summed E-state index contributed by atoms with van der Waals surface area (Å²) in [6.45, 7) is 0.387. The van der Waals surface area contributed by atoms with E-state index in [1.807, 2.05) is 0 Å². The van der Waals surface area contributed by atoms with Crippen molar-refractivity contribution in [2.75, 3.05) is 6.54 Å². The van der Waals surface area contributed by atoms with Crippen LogP contribution in [-0.4, -0.2) is 28.1 Å². The van der Waals surface area contributed by atoms with Gasteiger partial charge in [-0.15, -0.1) is 0 Å². The third-order valence-electron chi connectivity index (χ3n) is 3.74. The van der Waals surface area contributed by atoms with Crippen molar-refractivity contribution in [2.45, 2.75) is 18.8 Å². The maximum atomic E-state index is 13.3. The summed E-state index contributed by atoms with van der Waals surface area (Å²) in [5.41, 5.74) is 7.43. The molecule has 1 unspecified atom stereocenters. The molecule has 1 aliphatic rings. The zero-order chi connectivity index (χ0) is 15.0. The van der Waals surface area contributed by atoms with Crippen LogP contribution in [0.25, 0.3) is 0 Å². The largest absolute Gasteiger partial charge is 0.358 e. The van der Waals surface area contributed by atoms with Gasteiger partial charge in [-0.05, 0) is 30.2 Å². The number of nitrogens with one attached hydrogen (secondary N) is 1. The van der Waals surface area contributed by atoms with Crippen LogP contribution in [0, 0.1) is 5.82 Å². The van der Waals surface area contributed by atoms with Gasteiger partial charge in [-0.3, -0.25) is 14.6 Å². The Hall–Kier alpha value is -2.34. The third kappa shape index (κ3) is 2.27.